The molecule has 7 heteroatoms. The van der Waals surface area contributed by atoms with Gasteiger partial charge in [0.15, 0.2) is 5.58 Å². The number of methoxy groups -OCH3 is 1. The van der Waals surface area contributed by atoms with E-state index in [-0.39, 0.29) is 5.91 Å². The Balaban J connectivity index is 1.63. The summed E-state index contributed by atoms with van der Waals surface area (Å²) in [7, 11) is 1.55. The quantitative estimate of drug-likeness (QED) is 0.473. The third kappa shape index (κ3) is 3.48. The number of aryl methyl sites for hydroxylation is 1. The topological polar surface area (TPSA) is 77.2 Å². The lowest BCUT2D eigenvalue weighted by molar-refractivity contribution is 0.102. The lowest BCUT2D eigenvalue weighted by atomic mass is 10.1. The van der Waals surface area contributed by atoms with E-state index in [9.17, 15) is 4.79 Å². The third-order valence-electron chi connectivity index (χ3n) is 4.26. The van der Waals surface area contributed by atoms with Crippen molar-refractivity contribution in [2.24, 2.45) is 0 Å². The van der Waals surface area contributed by atoms with Crippen LogP contribution in [0.3, 0.4) is 0 Å². The highest BCUT2D eigenvalue weighted by molar-refractivity contribution is 9.10. The normalized spacial score (nSPS) is 10.8. The zero-order valence-electron chi connectivity index (χ0n) is 15.2. The van der Waals surface area contributed by atoms with Crippen molar-refractivity contribution in [1.29, 1.82) is 0 Å². The van der Waals surface area contributed by atoms with Gasteiger partial charge in [-0.1, -0.05) is 12.1 Å². The number of rotatable bonds is 4. The van der Waals surface area contributed by atoms with Crippen molar-refractivity contribution in [3.8, 4) is 17.2 Å². The van der Waals surface area contributed by atoms with Gasteiger partial charge in [0.25, 0.3) is 5.91 Å². The Labute approximate surface area is 169 Å². The minimum atomic E-state index is -0.250. The fraction of sp³-hybridized carbons (Fsp3) is 0.0952. The molecule has 4 aromatic rings. The number of anilines is 1. The average molecular weight is 438 g/mol. The van der Waals surface area contributed by atoms with E-state index in [1.54, 1.807) is 43.8 Å². The van der Waals surface area contributed by atoms with Crippen molar-refractivity contribution in [3.63, 3.8) is 0 Å². The fourth-order valence-electron chi connectivity index (χ4n) is 2.96. The predicted molar refractivity (Wildman–Crippen MR) is 111 cm³/mol. The van der Waals surface area contributed by atoms with Gasteiger partial charge in [-0.2, -0.15) is 0 Å². The first kappa shape index (κ1) is 18.2. The van der Waals surface area contributed by atoms with Crippen LogP contribution in [0.1, 0.15) is 15.9 Å². The van der Waals surface area contributed by atoms with Crippen molar-refractivity contribution in [1.82, 2.24) is 9.97 Å². The molecule has 1 N–H and O–H groups in total. The lowest BCUT2D eigenvalue weighted by Gasteiger charge is -2.11. The second kappa shape index (κ2) is 7.44. The molecular weight excluding hydrogens is 422 g/mol. The maximum absolute atomic E-state index is 12.7. The summed E-state index contributed by atoms with van der Waals surface area (Å²) in [6, 6.07) is 12.7. The molecule has 0 saturated carbocycles. The highest BCUT2D eigenvalue weighted by Crippen LogP contribution is 2.28. The van der Waals surface area contributed by atoms with Crippen LogP contribution >= 0.6 is 15.9 Å². The summed E-state index contributed by atoms with van der Waals surface area (Å²) in [4.78, 5) is 21.3. The average Bonchev–Trinajstić information content (AvgIpc) is 3.11. The first-order chi connectivity index (χ1) is 13.5. The van der Waals surface area contributed by atoms with E-state index in [0.29, 0.717) is 34.0 Å². The molecule has 2 aromatic heterocycles. The molecule has 0 spiro atoms. The molecule has 6 nitrogen and oxygen atoms in total. The Kier molecular flexibility index (Phi) is 4.83. The molecule has 0 aliphatic rings. The van der Waals surface area contributed by atoms with Crippen LogP contribution in [0, 0.1) is 6.92 Å². The number of nitrogens with one attached hydrogen (secondary N) is 1. The molecule has 140 valence electrons. The van der Waals surface area contributed by atoms with Gasteiger partial charge in [0, 0.05) is 22.6 Å². The summed E-state index contributed by atoms with van der Waals surface area (Å²) in [6.07, 6.45) is 3.38. The Morgan fingerprint density at radius 2 is 2.04 bits per heavy atom. The molecule has 0 aliphatic carbocycles. The molecule has 0 fully saturated rings. The summed E-state index contributed by atoms with van der Waals surface area (Å²) in [5.74, 6) is 0.777. The number of nitrogens with zero attached hydrogens (tertiary/aromatic N) is 2. The Morgan fingerprint density at radius 1 is 1.18 bits per heavy atom. The van der Waals surface area contributed by atoms with E-state index in [4.69, 9.17) is 9.15 Å². The number of para-hydroxylation sites is 1. The molecule has 2 heterocycles. The van der Waals surface area contributed by atoms with Crippen LogP contribution < -0.4 is 10.1 Å². The number of hydrogen-bond acceptors (Lipinski definition) is 5. The molecule has 0 atom stereocenters. The molecule has 0 radical (unpaired) electrons. The fourth-order valence-corrected chi connectivity index (χ4v) is 3.32. The van der Waals surface area contributed by atoms with Gasteiger partial charge in [0.1, 0.15) is 11.3 Å². The highest BCUT2D eigenvalue weighted by atomic mass is 79.9. The van der Waals surface area contributed by atoms with Crippen molar-refractivity contribution in [3.05, 3.63) is 70.5 Å². The Hall–Kier alpha value is -3.19. The van der Waals surface area contributed by atoms with Crippen LogP contribution in [0.5, 0.6) is 5.75 Å². The lowest BCUT2D eigenvalue weighted by Crippen LogP contribution is -2.13. The van der Waals surface area contributed by atoms with Crippen LogP contribution in [0.4, 0.5) is 5.69 Å². The van der Waals surface area contributed by atoms with Crippen molar-refractivity contribution < 1.29 is 13.9 Å². The molecule has 28 heavy (non-hydrogen) atoms. The number of aromatic nitrogens is 2. The van der Waals surface area contributed by atoms with Crippen LogP contribution in [0.2, 0.25) is 0 Å². The van der Waals surface area contributed by atoms with Crippen LogP contribution in [-0.4, -0.2) is 23.0 Å². The molecule has 0 saturated heterocycles. The van der Waals surface area contributed by atoms with E-state index < -0.39 is 0 Å². The van der Waals surface area contributed by atoms with Crippen molar-refractivity contribution in [2.75, 3.05) is 12.4 Å². The zero-order valence-corrected chi connectivity index (χ0v) is 16.8. The molecular formula is C21H16BrN3O3. The van der Waals surface area contributed by atoms with Gasteiger partial charge in [-0.15, -0.1) is 0 Å². The largest absolute Gasteiger partial charge is 0.496 e. The molecule has 1 amide bonds. The van der Waals surface area contributed by atoms with E-state index in [1.165, 1.54) is 0 Å². The van der Waals surface area contributed by atoms with Gasteiger partial charge < -0.3 is 14.5 Å². The van der Waals surface area contributed by atoms with Crippen LogP contribution in [0.25, 0.3) is 22.6 Å². The number of fused-ring (bicyclic) bond motifs is 1. The molecule has 0 bridgehead atoms. The summed E-state index contributed by atoms with van der Waals surface area (Å²) >= 11 is 3.39. The van der Waals surface area contributed by atoms with Gasteiger partial charge in [-0.3, -0.25) is 9.78 Å². The highest BCUT2D eigenvalue weighted by Gasteiger charge is 2.15. The number of ether oxygens (including phenoxy) is 1. The monoisotopic (exact) mass is 437 g/mol. The number of halogens is 1. The molecule has 2 aromatic carbocycles. The number of hydrogen-bond donors (Lipinski definition) is 1. The van der Waals surface area contributed by atoms with Crippen LogP contribution in [0.15, 0.2) is 63.7 Å². The van der Waals surface area contributed by atoms with Gasteiger partial charge in [-0.25, -0.2) is 4.98 Å². The van der Waals surface area contributed by atoms with Gasteiger partial charge in [0.05, 0.1) is 18.2 Å². The Morgan fingerprint density at radius 3 is 2.82 bits per heavy atom. The van der Waals surface area contributed by atoms with E-state index in [2.05, 4.69) is 31.2 Å². The predicted octanol–water partition coefficient (Wildman–Crippen LogP) is 5.22. The van der Waals surface area contributed by atoms with Crippen molar-refractivity contribution in [2.45, 2.75) is 6.92 Å². The maximum atomic E-state index is 12.7. The summed E-state index contributed by atoms with van der Waals surface area (Å²) < 4.78 is 12.0. The first-order valence-corrected chi connectivity index (χ1v) is 9.31. The van der Waals surface area contributed by atoms with E-state index in [1.807, 2.05) is 25.1 Å². The van der Waals surface area contributed by atoms with Crippen LogP contribution in [-0.2, 0) is 0 Å². The minimum absolute atomic E-state index is 0.250. The number of oxazole rings is 1. The molecule has 0 aliphatic heterocycles. The van der Waals surface area contributed by atoms with E-state index >= 15 is 0 Å². The molecule has 4 rings (SSSR count). The third-order valence-corrected chi connectivity index (χ3v) is 4.69. The van der Waals surface area contributed by atoms with Crippen molar-refractivity contribution >= 4 is 38.6 Å². The van der Waals surface area contributed by atoms with E-state index in [0.717, 1.165) is 15.6 Å². The number of pyridine rings is 1. The first-order valence-electron chi connectivity index (χ1n) is 8.51. The number of benzene rings is 2. The summed E-state index contributed by atoms with van der Waals surface area (Å²) in [6.45, 7) is 1.90. The number of carbonyl (C=O) groups is 1. The standard InChI is InChI=1S/C21H16BrN3O3/c1-12-4-3-5-16(19(12)27-2)20(26)24-15-6-7-18-17(9-15)25-21(28-18)13-8-14(22)11-23-10-13/h3-11H,1-2H3,(H,24,26). The smallest absolute Gasteiger partial charge is 0.259 e. The second-order valence-electron chi connectivity index (χ2n) is 6.20. The second-order valence-corrected chi connectivity index (χ2v) is 7.12. The number of amides is 1. The SMILES string of the molecule is COc1c(C)cccc1C(=O)Nc1ccc2oc(-c3cncc(Br)c3)nc2c1. The number of carbonyl (C=O) groups excluding carboxylic acids is 1. The molecule has 0 unspecified atom stereocenters. The van der Waals surface area contributed by atoms with Gasteiger partial charge in [0.2, 0.25) is 5.89 Å². The minimum Gasteiger partial charge on any atom is -0.496 e. The Bertz CT molecular complexity index is 1190. The summed E-state index contributed by atoms with van der Waals surface area (Å²) in [5, 5.41) is 2.89. The summed E-state index contributed by atoms with van der Waals surface area (Å²) in [5.41, 5.74) is 4.03. The maximum Gasteiger partial charge on any atom is 0.259 e. The van der Waals surface area contributed by atoms with Gasteiger partial charge >= 0.3 is 0 Å². The zero-order chi connectivity index (χ0) is 19.7. The van der Waals surface area contributed by atoms with Gasteiger partial charge in [-0.05, 0) is 58.7 Å².